The maximum absolute atomic E-state index is 13.5. The van der Waals surface area contributed by atoms with Crippen LogP contribution in [0.5, 0.6) is 0 Å². The average molecular weight is 266 g/mol. The first kappa shape index (κ1) is 13.9. The van der Waals surface area contributed by atoms with Gasteiger partial charge in [0.1, 0.15) is 0 Å². The number of piperazine rings is 1. The summed E-state index contributed by atoms with van der Waals surface area (Å²) in [6.07, 6.45) is 2.55. The summed E-state index contributed by atoms with van der Waals surface area (Å²) in [5.74, 6) is -0.730. The Morgan fingerprint density at radius 2 is 2.16 bits per heavy atom. The number of rotatable bonds is 3. The monoisotopic (exact) mass is 266 g/mol. The Kier molecular flexibility index (Phi) is 4.11. The minimum absolute atomic E-state index is 0.170. The van der Waals surface area contributed by atoms with Crippen molar-refractivity contribution >= 4 is 11.6 Å². The van der Waals surface area contributed by atoms with E-state index in [1.165, 1.54) is 12.3 Å². The van der Waals surface area contributed by atoms with Crippen molar-refractivity contribution in [2.24, 2.45) is 0 Å². The van der Waals surface area contributed by atoms with E-state index in [2.05, 4.69) is 20.5 Å². The number of halogens is 1. The minimum Gasteiger partial charge on any atom is -0.322 e. The molecule has 1 aliphatic heterocycles. The van der Waals surface area contributed by atoms with E-state index in [9.17, 15) is 9.18 Å². The predicted molar refractivity (Wildman–Crippen MR) is 71.3 cm³/mol. The molecule has 2 N–H and O–H groups in total. The lowest BCUT2D eigenvalue weighted by Gasteiger charge is -2.39. The third-order valence-electron chi connectivity index (χ3n) is 3.48. The number of carbonyl (C=O) groups is 1. The van der Waals surface area contributed by atoms with E-state index >= 15 is 0 Å². The molecular formula is C13H19FN4O. The molecule has 0 unspecified atom stereocenters. The van der Waals surface area contributed by atoms with Gasteiger partial charge in [-0.15, -0.1) is 0 Å². The van der Waals surface area contributed by atoms with E-state index in [-0.39, 0.29) is 11.6 Å². The van der Waals surface area contributed by atoms with Gasteiger partial charge in [0.2, 0.25) is 5.91 Å². The highest BCUT2D eigenvalue weighted by molar-refractivity contribution is 5.97. The van der Waals surface area contributed by atoms with Gasteiger partial charge in [0.05, 0.1) is 17.4 Å². The van der Waals surface area contributed by atoms with E-state index < -0.39 is 11.4 Å². The molecule has 2 heterocycles. The second-order valence-electron chi connectivity index (χ2n) is 5.11. The molecule has 1 aromatic heterocycles. The van der Waals surface area contributed by atoms with E-state index in [1.807, 2.05) is 13.8 Å². The Balaban J connectivity index is 2.08. The fourth-order valence-corrected chi connectivity index (χ4v) is 2.12. The van der Waals surface area contributed by atoms with Crippen molar-refractivity contribution in [2.75, 3.05) is 31.5 Å². The van der Waals surface area contributed by atoms with Gasteiger partial charge in [-0.2, -0.15) is 0 Å². The van der Waals surface area contributed by atoms with Crippen LogP contribution in [0.4, 0.5) is 10.1 Å². The molecule has 0 aromatic carbocycles. The van der Waals surface area contributed by atoms with Crippen LogP contribution in [0.1, 0.15) is 13.8 Å². The highest BCUT2D eigenvalue weighted by Gasteiger charge is 2.35. The highest BCUT2D eigenvalue weighted by Crippen LogP contribution is 2.19. The smallest absolute Gasteiger partial charge is 0.244 e. The standard InChI is InChI=1S/C13H19FN4O/c1-13(2,18-7-5-15-6-8-18)12(19)17-11-3-4-16-9-10(11)14/h3-4,9,15H,5-8H2,1-2H3,(H,16,17,19). The Labute approximate surface area is 112 Å². The molecule has 0 spiro atoms. The summed E-state index contributed by atoms with van der Waals surface area (Å²) in [6, 6.07) is 1.46. The van der Waals surface area contributed by atoms with Crippen molar-refractivity contribution in [3.05, 3.63) is 24.3 Å². The topological polar surface area (TPSA) is 57.3 Å². The van der Waals surface area contributed by atoms with Gasteiger partial charge in [0, 0.05) is 32.4 Å². The maximum Gasteiger partial charge on any atom is 0.244 e. The number of hydrogen-bond donors (Lipinski definition) is 2. The molecule has 19 heavy (non-hydrogen) atoms. The molecule has 6 heteroatoms. The van der Waals surface area contributed by atoms with Crippen molar-refractivity contribution in [1.29, 1.82) is 0 Å². The van der Waals surface area contributed by atoms with Gasteiger partial charge in [-0.1, -0.05) is 0 Å². The van der Waals surface area contributed by atoms with Crippen LogP contribution < -0.4 is 10.6 Å². The number of nitrogens with zero attached hydrogens (tertiary/aromatic N) is 2. The molecule has 0 bridgehead atoms. The Bertz CT molecular complexity index is 458. The van der Waals surface area contributed by atoms with Gasteiger partial charge >= 0.3 is 0 Å². The zero-order chi connectivity index (χ0) is 13.9. The molecule has 104 valence electrons. The molecule has 2 rings (SSSR count). The van der Waals surface area contributed by atoms with E-state index in [0.29, 0.717) is 0 Å². The van der Waals surface area contributed by atoms with E-state index in [1.54, 1.807) is 0 Å². The lowest BCUT2D eigenvalue weighted by molar-refractivity contribution is -0.126. The number of carbonyl (C=O) groups excluding carboxylic acids is 1. The molecule has 5 nitrogen and oxygen atoms in total. The second-order valence-corrected chi connectivity index (χ2v) is 5.11. The maximum atomic E-state index is 13.5. The van der Waals surface area contributed by atoms with Crippen LogP contribution in [0.3, 0.4) is 0 Å². The number of nitrogens with one attached hydrogen (secondary N) is 2. The fourth-order valence-electron chi connectivity index (χ4n) is 2.12. The molecule has 0 aliphatic carbocycles. The van der Waals surface area contributed by atoms with Crippen LogP contribution in [-0.4, -0.2) is 47.5 Å². The van der Waals surface area contributed by atoms with Crippen LogP contribution in [-0.2, 0) is 4.79 Å². The molecule has 1 saturated heterocycles. The van der Waals surface area contributed by atoms with Crippen LogP contribution in [0.25, 0.3) is 0 Å². The Morgan fingerprint density at radius 3 is 2.79 bits per heavy atom. The zero-order valence-electron chi connectivity index (χ0n) is 11.2. The van der Waals surface area contributed by atoms with Crippen molar-refractivity contribution in [3.8, 4) is 0 Å². The summed E-state index contributed by atoms with van der Waals surface area (Å²) in [7, 11) is 0. The number of anilines is 1. The van der Waals surface area contributed by atoms with Gasteiger partial charge in [-0.25, -0.2) is 4.39 Å². The number of pyridine rings is 1. The summed E-state index contributed by atoms with van der Waals surface area (Å²) in [6.45, 7) is 7.04. The van der Waals surface area contributed by atoms with Crippen LogP contribution >= 0.6 is 0 Å². The quantitative estimate of drug-likeness (QED) is 0.851. The first-order valence-corrected chi connectivity index (χ1v) is 6.38. The molecule has 1 fully saturated rings. The zero-order valence-corrected chi connectivity index (χ0v) is 11.2. The van der Waals surface area contributed by atoms with E-state index in [4.69, 9.17) is 0 Å². The summed E-state index contributed by atoms with van der Waals surface area (Å²) in [5.41, 5.74) is -0.499. The van der Waals surface area contributed by atoms with Gasteiger partial charge in [0.15, 0.2) is 5.82 Å². The molecule has 0 atom stereocenters. The average Bonchev–Trinajstić information content (AvgIpc) is 2.42. The van der Waals surface area contributed by atoms with Gasteiger partial charge in [0.25, 0.3) is 0 Å². The lowest BCUT2D eigenvalue weighted by Crippen LogP contribution is -2.58. The Morgan fingerprint density at radius 1 is 1.47 bits per heavy atom. The molecular weight excluding hydrogens is 247 g/mol. The largest absolute Gasteiger partial charge is 0.322 e. The molecule has 1 amide bonds. The fraction of sp³-hybridized carbons (Fsp3) is 0.538. The SMILES string of the molecule is CC(C)(C(=O)Nc1ccncc1F)N1CCNCC1. The molecule has 1 aromatic rings. The first-order valence-electron chi connectivity index (χ1n) is 6.38. The van der Waals surface area contributed by atoms with Crippen molar-refractivity contribution in [2.45, 2.75) is 19.4 Å². The van der Waals surface area contributed by atoms with Crippen molar-refractivity contribution in [1.82, 2.24) is 15.2 Å². The number of amides is 1. The van der Waals surface area contributed by atoms with Crippen LogP contribution in [0, 0.1) is 5.82 Å². The highest BCUT2D eigenvalue weighted by atomic mass is 19.1. The van der Waals surface area contributed by atoms with Gasteiger partial charge in [-0.3, -0.25) is 14.7 Å². The predicted octanol–water partition coefficient (Wildman–Crippen LogP) is 0.843. The third-order valence-corrected chi connectivity index (χ3v) is 3.48. The minimum atomic E-state index is -0.669. The number of hydrogen-bond acceptors (Lipinski definition) is 4. The Hall–Kier alpha value is -1.53. The van der Waals surface area contributed by atoms with Crippen LogP contribution in [0.2, 0.25) is 0 Å². The van der Waals surface area contributed by atoms with Gasteiger partial charge < -0.3 is 10.6 Å². The summed E-state index contributed by atoms with van der Waals surface area (Å²) in [5, 5.41) is 5.87. The summed E-state index contributed by atoms with van der Waals surface area (Å²) in [4.78, 5) is 18.1. The van der Waals surface area contributed by atoms with Crippen LogP contribution in [0.15, 0.2) is 18.5 Å². The van der Waals surface area contributed by atoms with Gasteiger partial charge in [-0.05, 0) is 19.9 Å². The van der Waals surface area contributed by atoms with Crippen molar-refractivity contribution in [3.63, 3.8) is 0 Å². The normalized spacial score (nSPS) is 17.2. The third kappa shape index (κ3) is 3.08. The first-order chi connectivity index (χ1) is 9.01. The van der Waals surface area contributed by atoms with E-state index in [0.717, 1.165) is 32.4 Å². The summed E-state index contributed by atoms with van der Waals surface area (Å²) < 4.78 is 13.5. The summed E-state index contributed by atoms with van der Waals surface area (Å²) >= 11 is 0. The lowest BCUT2D eigenvalue weighted by atomic mass is 10.0. The second kappa shape index (κ2) is 5.63. The number of aromatic nitrogens is 1. The molecule has 0 radical (unpaired) electrons. The van der Waals surface area contributed by atoms with Crippen molar-refractivity contribution < 1.29 is 9.18 Å². The molecule has 0 saturated carbocycles. The molecule has 1 aliphatic rings.